The van der Waals surface area contributed by atoms with Gasteiger partial charge in [-0.05, 0) is 57.0 Å². The Kier molecular flexibility index (Phi) is 8.51. The molecule has 2 heterocycles. The summed E-state index contributed by atoms with van der Waals surface area (Å²) in [5.74, 6) is 1.55. The van der Waals surface area contributed by atoms with Gasteiger partial charge in [0.25, 0.3) is 0 Å². The maximum atomic E-state index is 11.4. The summed E-state index contributed by atoms with van der Waals surface area (Å²) >= 11 is 0. The smallest absolute Gasteiger partial charge is 0.233 e. The van der Waals surface area contributed by atoms with Crippen LogP contribution in [0.15, 0.2) is 24.3 Å². The van der Waals surface area contributed by atoms with Crippen LogP contribution in [0.3, 0.4) is 0 Å². The number of aromatic nitrogens is 3. The lowest BCUT2D eigenvalue weighted by atomic mass is 10.1. The molecule has 0 spiro atoms. The van der Waals surface area contributed by atoms with Crippen molar-refractivity contribution in [2.75, 3.05) is 40.9 Å². The van der Waals surface area contributed by atoms with Gasteiger partial charge < -0.3 is 21.3 Å². The third-order valence-electron chi connectivity index (χ3n) is 6.66. The molecule has 2 aromatic rings. The van der Waals surface area contributed by atoms with Gasteiger partial charge in [0.15, 0.2) is 0 Å². The number of rotatable bonds is 9. The molecule has 2 fully saturated rings. The first-order valence-corrected chi connectivity index (χ1v) is 12.7. The predicted octanol–water partition coefficient (Wildman–Crippen LogP) is 4.60. The summed E-state index contributed by atoms with van der Waals surface area (Å²) in [6, 6.07) is 8.43. The zero-order valence-corrected chi connectivity index (χ0v) is 20.4. The number of carbonyl (C=O) groups excluding carboxylic acids is 1. The van der Waals surface area contributed by atoms with E-state index in [1.165, 1.54) is 45.4 Å². The SMILES string of the molecule is CCN1CCCC1CNc1nc(Nc2cccc(NC(C)=O)c2)nc(NC2CCCCCC2)n1. The third kappa shape index (κ3) is 7.03. The van der Waals surface area contributed by atoms with Gasteiger partial charge in [-0.15, -0.1) is 0 Å². The molecule has 0 radical (unpaired) electrons. The first-order chi connectivity index (χ1) is 16.6. The Morgan fingerprint density at radius 3 is 2.47 bits per heavy atom. The molecule has 1 saturated carbocycles. The van der Waals surface area contributed by atoms with Crippen LogP contribution in [-0.4, -0.2) is 57.5 Å². The van der Waals surface area contributed by atoms with Crippen LogP contribution in [0.4, 0.5) is 29.2 Å². The van der Waals surface area contributed by atoms with Crippen molar-refractivity contribution in [1.29, 1.82) is 0 Å². The Labute approximate surface area is 202 Å². The molecule has 2 aliphatic rings. The highest BCUT2D eigenvalue weighted by atomic mass is 16.1. The molecule has 9 heteroatoms. The van der Waals surface area contributed by atoms with E-state index in [2.05, 4.69) is 43.1 Å². The van der Waals surface area contributed by atoms with Crippen LogP contribution in [0.5, 0.6) is 0 Å². The number of likely N-dealkylation sites (N-methyl/N-ethyl adjacent to an activating group) is 1. The van der Waals surface area contributed by atoms with Gasteiger partial charge in [0.1, 0.15) is 0 Å². The van der Waals surface area contributed by atoms with Crippen LogP contribution < -0.4 is 21.3 Å². The number of carbonyl (C=O) groups is 1. The van der Waals surface area contributed by atoms with Crippen LogP contribution in [0, 0.1) is 0 Å². The molecule has 1 atom stereocenters. The van der Waals surface area contributed by atoms with Gasteiger partial charge in [-0.1, -0.05) is 38.7 Å². The number of hydrogen-bond acceptors (Lipinski definition) is 8. The van der Waals surface area contributed by atoms with E-state index >= 15 is 0 Å². The Bertz CT molecular complexity index is 944. The zero-order valence-electron chi connectivity index (χ0n) is 20.4. The second kappa shape index (κ2) is 12.0. The maximum Gasteiger partial charge on any atom is 0.233 e. The van der Waals surface area contributed by atoms with Gasteiger partial charge in [-0.3, -0.25) is 9.69 Å². The first kappa shape index (κ1) is 24.2. The van der Waals surface area contributed by atoms with Gasteiger partial charge in [0.2, 0.25) is 23.8 Å². The Balaban J connectivity index is 1.51. The molecular weight excluding hydrogens is 428 g/mol. The van der Waals surface area contributed by atoms with Crippen molar-refractivity contribution in [3.8, 4) is 0 Å². The first-order valence-electron chi connectivity index (χ1n) is 12.7. The standard InChI is InChI=1S/C25H38N8O/c1-3-33-15-9-14-22(33)17-26-23-30-24(28-19-10-6-4-5-7-11-19)32-25(31-23)29-21-13-8-12-20(16-21)27-18(2)34/h8,12-13,16,19,22H,3-7,9-11,14-15,17H2,1-2H3,(H,27,34)(H3,26,28,29,30,31,32). The van der Waals surface area contributed by atoms with Crippen LogP contribution in [0.2, 0.25) is 0 Å². The molecule has 1 aliphatic heterocycles. The monoisotopic (exact) mass is 466 g/mol. The quantitative estimate of drug-likeness (QED) is 0.397. The van der Waals surface area contributed by atoms with Crippen LogP contribution >= 0.6 is 0 Å². The lowest BCUT2D eigenvalue weighted by Gasteiger charge is -2.23. The predicted molar refractivity (Wildman–Crippen MR) is 138 cm³/mol. The minimum Gasteiger partial charge on any atom is -0.352 e. The minimum absolute atomic E-state index is 0.105. The Morgan fingerprint density at radius 2 is 1.71 bits per heavy atom. The Morgan fingerprint density at radius 1 is 0.971 bits per heavy atom. The van der Waals surface area contributed by atoms with Gasteiger partial charge in [-0.2, -0.15) is 15.0 Å². The van der Waals surface area contributed by atoms with Gasteiger partial charge in [0, 0.05) is 36.9 Å². The van der Waals surface area contributed by atoms with Crippen molar-refractivity contribution in [2.24, 2.45) is 0 Å². The summed E-state index contributed by atoms with van der Waals surface area (Å²) in [6.45, 7) is 6.76. The minimum atomic E-state index is -0.105. The molecule has 1 unspecified atom stereocenters. The van der Waals surface area contributed by atoms with Crippen molar-refractivity contribution in [3.05, 3.63) is 24.3 Å². The molecule has 1 aromatic carbocycles. The second-order valence-corrected chi connectivity index (χ2v) is 9.33. The van der Waals surface area contributed by atoms with Gasteiger partial charge in [-0.25, -0.2) is 0 Å². The largest absolute Gasteiger partial charge is 0.352 e. The molecule has 4 N–H and O–H groups in total. The fraction of sp³-hybridized carbons (Fsp3) is 0.600. The number of anilines is 5. The number of likely N-dealkylation sites (tertiary alicyclic amines) is 1. The fourth-order valence-electron chi connectivity index (χ4n) is 4.94. The summed E-state index contributed by atoms with van der Waals surface area (Å²) in [7, 11) is 0. The van der Waals surface area contributed by atoms with E-state index in [0.29, 0.717) is 29.9 Å². The molecule has 1 aliphatic carbocycles. The van der Waals surface area contributed by atoms with Crippen molar-refractivity contribution in [1.82, 2.24) is 19.9 Å². The summed E-state index contributed by atoms with van der Waals surface area (Å²) in [4.78, 5) is 28.0. The van der Waals surface area contributed by atoms with E-state index < -0.39 is 0 Å². The normalized spacial score (nSPS) is 19.4. The summed E-state index contributed by atoms with van der Waals surface area (Å²) in [6.07, 6.45) is 9.80. The van der Waals surface area contributed by atoms with Crippen LogP contribution in [0.1, 0.15) is 65.2 Å². The van der Waals surface area contributed by atoms with Gasteiger partial charge >= 0.3 is 0 Å². The molecular formula is C25H38N8O. The molecule has 34 heavy (non-hydrogen) atoms. The molecule has 1 saturated heterocycles. The molecule has 4 rings (SSSR count). The number of nitrogens with one attached hydrogen (secondary N) is 4. The van der Waals surface area contributed by atoms with Crippen LogP contribution in [-0.2, 0) is 4.79 Å². The topological polar surface area (TPSA) is 107 Å². The highest BCUT2D eigenvalue weighted by Gasteiger charge is 2.23. The zero-order chi connectivity index (χ0) is 23.8. The number of nitrogens with zero attached hydrogens (tertiary/aromatic N) is 4. The highest BCUT2D eigenvalue weighted by Crippen LogP contribution is 2.23. The van der Waals surface area contributed by atoms with E-state index in [0.717, 1.165) is 43.9 Å². The third-order valence-corrected chi connectivity index (χ3v) is 6.66. The maximum absolute atomic E-state index is 11.4. The van der Waals surface area contributed by atoms with E-state index in [-0.39, 0.29) is 5.91 Å². The molecule has 184 valence electrons. The van der Waals surface area contributed by atoms with Crippen LogP contribution in [0.25, 0.3) is 0 Å². The lowest BCUT2D eigenvalue weighted by molar-refractivity contribution is -0.114. The molecule has 1 aromatic heterocycles. The molecule has 9 nitrogen and oxygen atoms in total. The summed E-state index contributed by atoms with van der Waals surface area (Å²) < 4.78 is 0. The fourth-order valence-corrected chi connectivity index (χ4v) is 4.94. The van der Waals surface area contributed by atoms with E-state index in [1.807, 2.05) is 24.3 Å². The van der Waals surface area contributed by atoms with Crippen molar-refractivity contribution in [3.63, 3.8) is 0 Å². The summed E-state index contributed by atoms with van der Waals surface area (Å²) in [5, 5.41) is 13.1. The highest BCUT2D eigenvalue weighted by molar-refractivity contribution is 5.89. The van der Waals surface area contributed by atoms with Crippen molar-refractivity contribution >= 4 is 35.1 Å². The summed E-state index contributed by atoms with van der Waals surface area (Å²) in [5.41, 5.74) is 1.53. The second-order valence-electron chi connectivity index (χ2n) is 9.33. The van der Waals surface area contributed by atoms with E-state index in [1.54, 1.807) is 0 Å². The average Bonchev–Trinajstić information content (AvgIpc) is 3.12. The molecule has 0 bridgehead atoms. The Hall–Kier alpha value is -2.94. The van der Waals surface area contributed by atoms with E-state index in [4.69, 9.17) is 4.98 Å². The number of benzene rings is 1. The van der Waals surface area contributed by atoms with E-state index in [9.17, 15) is 4.79 Å². The number of amides is 1. The van der Waals surface area contributed by atoms with Gasteiger partial charge in [0.05, 0.1) is 0 Å². The molecule has 1 amide bonds. The van der Waals surface area contributed by atoms with Crippen molar-refractivity contribution < 1.29 is 4.79 Å². The lowest BCUT2D eigenvalue weighted by Crippen LogP contribution is -2.35. The number of hydrogen-bond donors (Lipinski definition) is 4. The average molecular weight is 467 g/mol. The van der Waals surface area contributed by atoms with Crippen molar-refractivity contribution in [2.45, 2.75) is 77.3 Å².